The average molecular weight is 513 g/mol. The summed E-state index contributed by atoms with van der Waals surface area (Å²) < 4.78 is 5.41. The van der Waals surface area contributed by atoms with Gasteiger partial charge in [0, 0.05) is 49.9 Å². The minimum absolute atomic E-state index is 0.223. The molecule has 3 aromatic heterocycles. The van der Waals surface area contributed by atoms with E-state index < -0.39 is 0 Å². The Bertz CT molecular complexity index is 1440. The Balaban J connectivity index is 1.13. The van der Waals surface area contributed by atoms with Crippen LogP contribution in [0.5, 0.6) is 5.75 Å². The molecule has 1 aliphatic heterocycles. The molecular formula is C28H32N8O2. The van der Waals surface area contributed by atoms with Gasteiger partial charge in [0.2, 0.25) is 11.9 Å². The number of fused-ring (bicyclic) bond motifs is 1. The first-order valence-electron chi connectivity index (χ1n) is 13.2. The summed E-state index contributed by atoms with van der Waals surface area (Å²) in [7, 11) is 1.61. The van der Waals surface area contributed by atoms with Crippen molar-refractivity contribution in [2.24, 2.45) is 5.92 Å². The van der Waals surface area contributed by atoms with Gasteiger partial charge < -0.3 is 19.9 Å². The number of rotatable bonds is 7. The Morgan fingerprint density at radius 1 is 1.13 bits per heavy atom. The number of carbonyl (C=O) groups excluding carboxylic acids is 1. The van der Waals surface area contributed by atoms with Crippen LogP contribution in [0, 0.1) is 5.92 Å². The molecule has 1 aliphatic carbocycles. The van der Waals surface area contributed by atoms with Crippen molar-refractivity contribution in [2.45, 2.75) is 32.2 Å². The number of nitrogens with one attached hydrogen (secondary N) is 2. The van der Waals surface area contributed by atoms with Gasteiger partial charge in [-0.25, -0.2) is 19.9 Å². The van der Waals surface area contributed by atoms with Crippen molar-refractivity contribution < 1.29 is 9.53 Å². The predicted molar refractivity (Wildman–Crippen MR) is 145 cm³/mol. The largest absolute Gasteiger partial charge is 0.493 e. The standard InChI is InChI=1S/C28H32N8O2/c1-18(35-10-12-36(13-11-35)27(37)19-4-3-5-19)20-8-9-30-25(15-20)34-28-32-22-7-6-21(14-23(22)33-28)26-24(38-2)16-29-17-31-26/h6-9,14-19H,3-5,10-13H2,1-2H3,(H2,30,32,33,34)/t18-/m0/s1. The van der Waals surface area contributed by atoms with E-state index in [1.54, 1.807) is 13.3 Å². The van der Waals surface area contributed by atoms with E-state index in [0.717, 1.165) is 67.1 Å². The molecule has 0 unspecified atom stereocenters. The minimum atomic E-state index is 0.223. The summed E-state index contributed by atoms with van der Waals surface area (Å²) >= 11 is 0. The van der Waals surface area contributed by atoms with Crippen LogP contribution in [0.25, 0.3) is 22.3 Å². The first-order chi connectivity index (χ1) is 18.6. The molecule has 196 valence electrons. The van der Waals surface area contributed by atoms with Gasteiger partial charge in [-0.2, -0.15) is 0 Å². The molecule has 1 saturated carbocycles. The van der Waals surface area contributed by atoms with Crippen molar-refractivity contribution >= 4 is 28.7 Å². The molecule has 4 aromatic rings. The second kappa shape index (κ2) is 10.4. The summed E-state index contributed by atoms with van der Waals surface area (Å²) in [6.45, 7) is 5.59. The zero-order chi connectivity index (χ0) is 26.1. The Kier molecular flexibility index (Phi) is 6.63. The number of H-pyrrole nitrogens is 1. The van der Waals surface area contributed by atoms with Crippen LogP contribution in [0.4, 0.5) is 11.8 Å². The molecule has 0 radical (unpaired) electrons. The normalized spacial score (nSPS) is 17.3. The van der Waals surface area contributed by atoms with Gasteiger partial charge in [-0.05, 0) is 49.6 Å². The molecule has 1 saturated heterocycles. The fourth-order valence-electron chi connectivity index (χ4n) is 5.25. The van der Waals surface area contributed by atoms with Crippen molar-refractivity contribution in [3.8, 4) is 17.0 Å². The predicted octanol–water partition coefficient (Wildman–Crippen LogP) is 4.17. The van der Waals surface area contributed by atoms with Crippen LogP contribution in [0.15, 0.2) is 49.1 Å². The van der Waals surface area contributed by atoms with E-state index in [-0.39, 0.29) is 12.0 Å². The van der Waals surface area contributed by atoms with E-state index in [1.807, 2.05) is 24.4 Å². The monoisotopic (exact) mass is 512 g/mol. The molecule has 10 heteroatoms. The molecule has 0 spiro atoms. The molecule has 6 rings (SSSR count). The number of ether oxygens (including phenoxy) is 1. The summed E-state index contributed by atoms with van der Waals surface area (Å²) in [5, 5.41) is 3.32. The molecule has 1 atom stereocenters. The van der Waals surface area contributed by atoms with E-state index in [2.05, 4.69) is 59.1 Å². The van der Waals surface area contributed by atoms with Crippen molar-refractivity contribution in [3.63, 3.8) is 0 Å². The van der Waals surface area contributed by atoms with E-state index >= 15 is 0 Å². The van der Waals surface area contributed by atoms with Gasteiger partial charge in [0.25, 0.3) is 0 Å². The molecule has 1 aromatic carbocycles. The number of hydrogen-bond donors (Lipinski definition) is 2. The lowest BCUT2D eigenvalue weighted by molar-refractivity contribution is -0.140. The number of aromatic nitrogens is 5. The maximum Gasteiger partial charge on any atom is 0.225 e. The van der Waals surface area contributed by atoms with Crippen LogP contribution in [-0.4, -0.2) is 73.9 Å². The summed E-state index contributed by atoms with van der Waals surface area (Å²) in [6.07, 6.45) is 8.31. The quantitative estimate of drug-likeness (QED) is 0.379. The van der Waals surface area contributed by atoms with Crippen LogP contribution in [0.1, 0.15) is 37.8 Å². The third kappa shape index (κ3) is 4.79. The molecule has 0 bridgehead atoms. The highest BCUT2D eigenvalue weighted by atomic mass is 16.5. The Hall–Kier alpha value is -4.05. The fourth-order valence-corrected chi connectivity index (χ4v) is 5.25. The topological polar surface area (TPSA) is 112 Å². The number of imidazole rings is 1. The number of amides is 1. The molecule has 1 amide bonds. The number of pyridine rings is 1. The summed E-state index contributed by atoms with van der Waals surface area (Å²) in [6, 6.07) is 10.3. The fraction of sp³-hybridized carbons (Fsp3) is 0.393. The number of anilines is 2. The van der Waals surface area contributed by atoms with Crippen LogP contribution >= 0.6 is 0 Å². The van der Waals surface area contributed by atoms with E-state index in [0.29, 0.717) is 17.6 Å². The number of carbonyl (C=O) groups is 1. The lowest BCUT2D eigenvalue weighted by Crippen LogP contribution is -2.51. The summed E-state index contributed by atoms with van der Waals surface area (Å²) in [5.41, 5.74) is 4.53. The zero-order valence-electron chi connectivity index (χ0n) is 21.7. The number of hydrogen-bond acceptors (Lipinski definition) is 8. The van der Waals surface area contributed by atoms with Crippen LogP contribution in [-0.2, 0) is 4.79 Å². The van der Waals surface area contributed by atoms with E-state index in [9.17, 15) is 4.79 Å². The third-order valence-electron chi connectivity index (χ3n) is 7.79. The highest BCUT2D eigenvalue weighted by Crippen LogP contribution is 2.31. The molecule has 10 nitrogen and oxygen atoms in total. The lowest BCUT2D eigenvalue weighted by Gasteiger charge is -2.40. The molecule has 38 heavy (non-hydrogen) atoms. The van der Waals surface area contributed by atoms with Gasteiger partial charge in [-0.1, -0.05) is 12.5 Å². The smallest absolute Gasteiger partial charge is 0.225 e. The van der Waals surface area contributed by atoms with Gasteiger partial charge in [0.1, 0.15) is 17.8 Å². The highest BCUT2D eigenvalue weighted by Gasteiger charge is 2.32. The van der Waals surface area contributed by atoms with Crippen molar-refractivity contribution in [2.75, 3.05) is 38.6 Å². The average Bonchev–Trinajstić information content (AvgIpc) is 3.33. The molecule has 4 heterocycles. The van der Waals surface area contributed by atoms with E-state index in [1.165, 1.54) is 18.3 Å². The number of methoxy groups -OCH3 is 1. The molecule has 2 aliphatic rings. The summed E-state index contributed by atoms with van der Waals surface area (Å²) in [5.74, 6) is 2.59. The first kappa shape index (κ1) is 24.3. The van der Waals surface area contributed by atoms with Crippen LogP contribution < -0.4 is 10.1 Å². The Labute approximate surface area is 221 Å². The van der Waals surface area contributed by atoms with Crippen LogP contribution in [0.3, 0.4) is 0 Å². The minimum Gasteiger partial charge on any atom is -0.493 e. The second-order valence-corrected chi connectivity index (χ2v) is 10.0. The molecule has 2 fully saturated rings. The number of benzene rings is 1. The molecular weight excluding hydrogens is 480 g/mol. The second-order valence-electron chi connectivity index (χ2n) is 10.0. The van der Waals surface area contributed by atoms with Gasteiger partial charge in [0.15, 0.2) is 5.75 Å². The van der Waals surface area contributed by atoms with Crippen molar-refractivity contribution in [1.29, 1.82) is 0 Å². The SMILES string of the molecule is COc1cncnc1-c1ccc2nc(Nc3cc([C@H](C)N4CCN(C(=O)C5CCC5)CC4)ccn3)[nH]c2c1. The Morgan fingerprint density at radius 3 is 2.74 bits per heavy atom. The number of piperazine rings is 1. The lowest BCUT2D eigenvalue weighted by atomic mass is 9.84. The maximum absolute atomic E-state index is 12.6. The number of aromatic amines is 1. The van der Waals surface area contributed by atoms with Crippen molar-refractivity contribution in [1.82, 2.24) is 34.7 Å². The first-order valence-corrected chi connectivity index (χ1v) is 13.2. The third-order valence-corrected chi connectivity index (χ3v) is 7.79. The zero-order valence-corrected chi connectivity index (χ0v) is 21.7. The van der Waals surface area contributed by atoms with Gasteiger partial charge in [-0.15, -0.1) is 0 Å². The van der Waals surface area contributed by atoms with Gasteiger partial charge >= 0.3 is 0 Å². The Morgan fingerprint density at radius 2 is 1.97 bits per heavy atom. The molecule has 2 N–H and O–H groups in total. The highest BCUT2D eigenvalue weighted by molar-refractivity contribution is 5.84. The summed E-state index contributed by atoms with van der Waals surface area (Å²) in [4.78, 5) is 38.0. The van der Waals surface area contributed by atoms with E-state index in [4.69, 9.17) is 4.74 Å². The number of nitrogens with zero attached hydrogens (tertiary/aromatic N) is 6. The van der Waals surface area contributed by atoms with Crippen LogP contribution in [0.2, 0.25) is 0 Å². The maximum atomic E-state index is 12.6. The van der Waals surface area contributed by atoms with Gasteiger partial charge in [-0.3, -0.25) is 9.69 Å². The van der Waals surface area contributed by atoms with Gasteiger partial charge in [0.05, 0.1) is 24.3 Å². The van der Waals surface area contributed by atoms with Crippen molar-refractivity contribution in [3.05, 3.63) is 54.6 Å².